The van der Waals surface area contributed by atoms with E-state index in [0.29, 0.717) is 43.9 Å². The second-order valence-electron chi connectivity index (χ2n) is 7.78. The molecule has 1 unspecified atom stereocenters. The molecular weight excluding hydrogens is 403 g/mol. The van der Waals surface area contributed by atoms with Gasteiger partial charge in [0.1, 0.15) is 17.8 Å². The third-order valence-corrected chi connectivity index (χ3v) is 5.77. The minimum absolute atomic E-state index is 0.00951. The highest BCUT2D eigenvalue weighted by molar-refractivity contribution is 5.90. The first-order valence-corrected chi connectivity index (χ1v) is 9.93. The van der Waals surface area contributed by atoms with Crippen LogP contribution in [0.1, 0.15) is 16.8 Å². The number of urea groups is 1. The van der Waals surface area contributed by atoms with Gasteiger partial charge in [0, 0.05) is 48.8 Å². The number of aliphatic hydroxyl groups is 1. The van der Waals surface area contributed by atoms with E-state index < -0.39 is 5.82 Å². The van der Waals surface area contributed by atoms with Gasteiger partial charge in [-0.1, -0.05) is 5.16 Å². The van der Waals surface area contributed by atoms with Crippen molar-refractivity contribution < 1.29 is 18.8 Å². The summed E-state index contributed by atoms with van der Waals surface area (Å²) in [7, 11) is 0. The molecule has 3 aromatic rings. The number of halogens is 1. The summed E-state index contributed by atoms with van der Waals surface area (Å²) < 4.78 is 20.6. The van der Waals surface area contributed by atoms with E-state index >= 15 is 0 Å². The van der Waals surface area contributed by atoms with Gasteiger partial charge in [-0.3, -0.25) is 4.68 Å². The van der Waals surface area contributed by atoms with Gasteiger partial charge >= 0.3 is 6.03 Å². The van der Waals surface area contributed by atoms with Crippen LogP contribution < -0.4 is 5.32 Å². The van der Waals surface area contributed by atoms with Gasteiger partial charge in [0.05, 0.1) is 24.5 Å². The van der Waals surface area contributed by atoms with E-state index in [-0.39, 0.29) is 24.2 Å². The molecule has 0 radical (unpaired) electrons. The predicted octanol–water partition coefficient (Wildman–Crippen LogP) is 2.98. The Morgan fingerprint density at radius 1 is 1.45 bits per heavy atom. The van der Waals surface area contributed by atoms with Gasteiger partial charge in [-0.05, 0) is 24.6 Å². The Bertz CT molecular complexity index is 1210. The molecule has 158 valence electrons. The molecule has 2 N–H and O–H groups in total. The largest absolute Gasteiger partial charge is 0.396 e. The summed E-state index contributed by atoms with van der Waals surface area (Å²) in [5.74, 6) is -0.613. The highest BCUT2D eigenvalue weighted by Gasteiger charge is 2.33. The van der Waals surface area contributed by atoms with Crippen LogP contribution in [0.25, 0.3) is 16.2 Å². The Balaban J connectivity index is 1.43. The van der Waals surface area contributed by atoms with Gasteiger partial charge < -0.3 is 19.8 Å². The lowest BCUT2D eigenvalue weighted by Crippen LogP contribution is -2.38. The van der Waals surface area contributed by atoms with Crippen molar-refractivity contribution in [2.75, 3.05) is 18.5 Å². The SMILES string of the molecule is [C-]#[N+]c1cc(NC(=O)N2CCc3nn4c(c3C2)-c2nocc2CC(CO)C4)ccc1F. The van der Waals surface area contributed by atoms with Crippen molar-refractivity contribution in [3.8, 4) is 11.4 Å². The van der Waals surface area contributed by atoms with Crippen LogP contribution in [-0.4, -0.2) is 44.1 Å². The van der Waals surface area contributed by atoms with Crippen molar-refractivity contribution in [1.82, 2.24) is 19.8 Å². The highest BCUT2D eigenvalue weighted by atomic mass is 19.1. The van der Waals surface area contributed by atoms with Gasteiger partial charge in [-0.2, -0.15) is 5.10 Å². The standard InChI is InChI=1S/C21H19FN6O3/c1-23-18-7-14(2-3-16(18)22)24-21(30)27-5-4-17-15(9-27)20-19-13(11-31-26-19)6-12(10-29)8-28(20)25-17/h2-3,7,11-12,29H,4-6,8-10H2,(H,24,30). The number of hydrogen-bond donors (Lipinski definition) is 2. The second-order valence-corrected chi connectivity index (χ2v) is 7.78. The molecule has 1 atom stereocenters. The Morgan fingerprint density at radius 2 is 2.32 bits per heavy atom. The molecule has 10 heteroatoms. The lowest BCUT2D eigenvalue weighted by atomic mass is 9.99. The predicted molar refractivity (Wildman–Crippen MR) is 108 cm³/mol. The molecule has 4 heterocycles. The quantitative estimate of drug-likeness (QED) is 0.619. The first-order chi connectivity index (χ1) is 15.1. The van der Waals surface area contributed by atoms with Crippen LogP contribution in [0, 0.1) is 18.3 Å². The molecule has 0 saturated heterocycles. The Hall–Kier alpha value is -3.71. The van der Waals surface area contributed by atoms with Gasteiger partial charge in [0.15, 0.2) is 0 Å². The smallest absolute Gasteiger partial charge is 0.322 e. The van der Waals surface area contributed by atoms with Crippen LogP contribution in [0.3, 0.4) is 0 Å². The van der Waals surface area contributed by atoms with Gasteiger partial charge in [0.25, 0.3) is 0 Å². The number of amides is 2. The fourth-order valence-electron chi connectivity index (χ4n) is 4.22. The molecular formula is C21H19FN6O3. The van der Waals surface area contributed by atoms with Crippen LogP contribution in [0.2, 0.25) is 0 Å². The van der Waals surface area contributed by atoms with Crippen molar-refractivity contribution in [3.63, 3.8) is 0 Å². The van der Waals surface area contributed by atoms with E-state index in [1.54, 1.807) is 11.2 Å². The molecule has 1 aromatic carbocycles. The number of benzene rings is 1. The van der Waals surface area contributed by atoms with Crippen LogP contribution in [0.4, 0.5) is 20.6 Å². The molecule has 0 saturated carbocycles. The van der Waals surface area contributed by atoms with E-state index in [9.17, 15) is 14.3 Å². The van der Waals surface area contributed by atoms with E-state index in [1.165, 1.54) is 18.2 Å². The number of anilines is 1. The van der Waals surface area contributed by atoms with E-state index in [4.69, 9.17) is 16.2 Å². The fourth-order valence-corrected chi connectivity index (χ4v) is 4.22. The maximum Gasteiger partial charge on any atom is 0.322 e. The first-order valence-electron chi connectivity index (χ1n) is 9.93. The highest BCUT2D eigenvalue weighted by Crippen LogP contribution is 2.36. The molecule has 0 spiro atoms. The molecule has 2 aromatic heterocycles. The number of fused-ring (bicyclic) bond motifs is 5. The van der Waals surface area contributed by atoms with Gasteiger partial charge in [-0.25, -0.2) is 14.0 Å². The summed E-state index contributed by atoms with van der Waals surface area (Å²) in [6.07, 6.45) is 2.83. The van der Waals surface area contributed by atoms with Crippen LogP contribution in [0.15, 0.2) is 29.0 Å². The zero-order chi connectivity index (χ0) is 21.5. The zero-order valence-electron chi connectivity index (χ0n) is 16.5. The summed E-state index contributed by atoms with van der Waals surface area (Å²) in [5, 5.41) is 21.4. The van der Waals surface area contributed by atoms with Gasteiger partial charge in [0.2, 0.25) is 5.69 Å². The Labute approximate surface area is 176 Å². The van der Waals surface area contributed by atoms with Crippen molar-refractivity contribution >= 4 is 17.4 Å². The van der Waals surface area contributed by atoms with Crippen molar-refractivity contribution in [3.05, 3.63) is 58.5 Å². The topological polar surface area (TPSA) is 101 Å². The first kappa shape index (κ1) is 19.3. The molecule has 9 nitrogen and oxygen atoms in total. The monoisotopic (exact) mass is 422 g/mol. The van der Waals surface area contributed by atoms with Crippen LogP contribution in [0.5, 0.6) is 0 Å². The number of nitrogens with one attached hydrogen (secondary N) is 1. The lowest BCUT2D eigenvalue weighted by Gasteiger charge is -2.27. The van der Waals surface area contributed by atoms with Crippen LogP contribution >= 0.6 is 0 Å². The number of nitrogens with zero attached hydrogens (tertiary/aromatic N) is 5. The fraction of sp³-hybridized carbons (Fsp3) is 0.333. The number of aromatic nitrogens is 3. The maximum atomic E-state index is 13.6. The number of carbonyl (C=O) groups is 1. The van der Waals surface area contributed by atoms with Crippen LogP contribution in [-0.2, 0) is 25.9 Å². The Kier molecular flexibility index (Phi) is 4.67. The summed E-state index contributed by atoms with van der Waals surface area (Å²) in [5.41, 5.74) is 4.48. The zero-order valence-corrected chi connectivity index (χ0v) is 16.5. The number of hydrogen-bond acceptors (Lipinski definition) is 5. The molecule has 0 fully saturated rings. The Morgan fingerprint density at radius 3 is 3.13 bits per heavy atom. The molecule has 0 bridgehead atoms. The molecule has 2 amide bonds. The molecule has 31 heavy (non-hydrogen) atoms. The van der Waals surface area contributed by atoms with E-state index in [0.717, 1.165) is 22.5 Å². The minimum Gasteiger partial charge on any atom is -0.396 e. The van der Waals surface area contributed by atoms with Crippen molar-refractivity contribution in [1.29, 1.82) is 0 Å². The summed E-state index contributed by atoms with van der Waals surface area (Å²) in [6, 6.07) is 3.58. The summed E-state index contributed by atoms with van der Waals surface area (Å²) >= 11 is 0. The molecule has 0 aliphatic carbocycles. The molecule has 2 aliphatic rings. The normalized spacial score (nSPS) is 17.2. The van der Waals surface area contributed by atoms with E-state index in [2.05, 4.69) is 15.3 Å². The van der Waals surface area contributed by atoms with Crippen molar-refractivity contribution in [2.24, 2.45) is 5.92 Å². The second kappa shape index (κ2) is 7.52. The minimum atomic E-state index is -0.622. The molecule has 2 aliphatic heterocycles. The summed E-state index contributed by atoms with van der Waals surface area (Å²) in [6.45, 7) is 8.44. The number of aliphatic hydroxyl groups excluding tert-OH is 1. The average Bonchev–Trinajstić information content (AvgIpc) is 3.33. The third-order valence-electron chi connectivity index (χ3n) is 5.77. The van der Waals surface area contributed by atoms with Gasteiger partial charge in [-0.15, -0.1) is 0 Å². The number of rotatable bonds is 2. The average molecular weight is 422 g/mol. The molecule has 5 rings (SSSR count). The number of carbonyl (C=O) groups excluding carboxylic acids is 1. The van der Waals surface area contributed by atoms with Crippen molar-refractivity contribution in [2.45, 2.75) is 25.9 Å². The van der Waals surface area contributed by atoms with E-state index in [1.807, 2.05) is 4.68 Å². The lowest BCUT2D eigenvalue weighted by molar-refractivity contribution is 0.205. The summed E-state index contributed by atoms with van der Waals surface area (Å²) in [4.78, 5) is 17.6. The third kappa shape index (κ3) is 3.33. The maximum absolute atomic E-state index is 13.6.